The van der Waals surface area contributed by atoms with Crippen LogP contribution in [0.15, 0.2) is 12.2 Å². The van der Waals surface area contributed by atoms with Crippen molar-refractivity contribution in [1.82, 2.24) is 9.99 Å². The van der Waals surface area contributed by atoms with Gasteiger partial charge in [-0.1, -0.05) is 13.5 Å². The van der Waals surface area contributed by atoms with Gasteiger partial charge in [0.25, 0.3) is 8.53 Å². The zero-order valence-corrected chi connectivity index (χ0v) is 18.8. The molecule has 27 heavy (non-hydrogen) atoms. The van der Waals surface area contributed by atoms with Crippen molar-refractivity contribution in [3.63, 3.8) is 0 Å². The van der Waals surface area contributed by atoms with Gasteiger partial charge in [0, 0.05) is 24.2 Å². The van der Waals surface area contributed by atoms with E-state index in [4.69, 9.17) is 18.5 Å². The molecule has 0 saturated carbocycles. The molecule has 0 saturated heterocycles. The molecule has 8 heteroatoms. The van der Waals surface area contributed by atoms with Crippen molar-refractivity contribution in [2.24, 2.45) is 0 Å². The van der Waals surface area contributed by atoms with Crippen LogP contribution < -0.4 is 5.32 Å². The van der Waals surface area contributed by atoms with Crippen LogP contribution in [0.25, 0.3) is 0 Å². The number of amides is 1. The summed E-state index contributed by atoms with van der Waals surface area (Å²) in [5, 5.41) is 2.71. The third kappa shape index (κ3) is 13.3. The molecule has 1 amide bonds. The minimum Gasteiger partial charge on any atom is -0.377 e. The lowest BCUT2D eigenvalue weighted by molar-refractivity contribution is -0.117. The molecule has 1 atom stereocenters. The van der Waals surface area contributed by atoms with Gasteiger partial charge in [0.1, 0.15) is 0 Å². The Morgan fingerprint density at radius 1 is 0.963 bits per heavy atom. The number of nitrogens with zero attached hydrogens (tertiary/aromatic N) is 1. The molecule has 0 spiro atoms. The Hall–Kier alpha value is -0.560. The molecule has 0 radical (unpaired) electrons. The van der Waals surface area contributed by atoms with Gasteiger partial charge in [-0.3, -0.25) is 4.79 Å². The molecule has 0 aromatic rings. The smallest absolute Gasteiger partial charge is 0.259 e. The molecular formula is C19H39N2O5P. The number of ether oxygens (including phenoxy) is 2. The molecule has 160 valence electrons. The summed E-state index contributed by atoms with van der Waals surface area (Å²) in [6, 6.07) is 0.709. The molecule has 0 heterocycles. The first-order valence-electron chi connectivity index (χ1n) is 9.74. The largest absolute Gasteiger partial charge is 0.377 e. The molecular weight excluding hydrogens is 367 g/mol. The summed E-state index contributed by atoms with van der Waals surface area (Å²) in [6.45, 7) is 19.5. The predicted molar refractivity (Wildman–Crippen MR) is 111 cm³/mol. The van der Waals surface area contributed by atoms with Crippen molar-refractivity contribution in [2.75, 3.05) is 46.2 Å². The molecule has 0 fully saturated rings. The second kappa shape index (κ2) is 16.4. The summed E-state index contributed by atoms with van der Waals surface area (Å²) in [5.74, 6) is -0.148. The topological polar surface area (TPSA) is 69.3 Å². The van der Waals surface area contributed by atoms with E-state index in [0.717, 1.165) is 6.42 Å². The number of hydrogen-bond donors (Lipinski definition) is 1. The van der Waals surface area contributed by atoms with Crippen molar-refractivity contribution in [1.29, 1.82) is 0 Å². The fourth-order valence-corrected chi connectivity index (χ4v) is 3.86. The monoisotopic (exact) mass is 406 g/mol. The van der Waals surface area contributed by atoms with E-state index in [9.17, 15) is 4.79 Å². The van der Waals surface area contributed by atoms with Crippen LogP contribution in [0.2, 0.25) is 0 Å². The molecule has 0 aliphatic rings. The van der Waals surface area contributed by atoms with Gasteiger partial charge in [-0.05, 0) is 41.0 Å². The second-order valence-corrected chi connectivity index (χ2v) is 8.19. The molecule has 1 N–H and O–H groups in total. The second-order valence-electron chi connectivity index (χ2n) is 6.73. The van der Waals surface area contributed by atoms with Crippen molar-refractivity contribution >= 4 is 14.4 Å². The Balaban J connectivity index is 3.88. The highest BCUT2D eigenvalue weighted by Crippen LogP contribution is 2.45. The SMILES string of the molecule is C=C(C)C(=O)NCCOCCOCCOP(OCCC)N(C(C)C)C(C)C. The first-order chi connectivity index (χ1) is 12.8. The van der Waals surface area contributed by atoms with E-state index in [1.54, 1.807) is 6.92 Å². The van der Waals surface area contributed by atoms with Gasteiger partial charge in [-0.15, -0.1) is 0 Å². The van der Waals surface area contributed by atoms with E-state index in [1.807, 2.05) is 0 Å². The quantitative estimate of drug-likeness (QED) is 0.227. The molecule has 0 aromatic carbocycles. The molecule has 0 rings (SSSR count). The van der Waals surface area contributed by atoms with Gasteiger partial charge in [0.2, 0.25) is 5.91 Å². The van der Waals surface area contributed by atoms with Crippen LogP contribution in [-0.4, -0.2) is 68.8 Å². The Kier molecular flexibility index (Phi) is 16.1. The number of nitrogens with one attached hydrogen (secondary N) is 1. The van der Waals surface area contributed by atoms with E-state index in [0.29, 0.717) is 63.8 Å². The van der Waals surface area contributed by atoms with Crippen LogP contribution in [0.3, 0.4) is 0 Å². The third-order valence-corrected chi connectivity index (χ3v) is 5.48. The van der Waals surface area contributed by atoms with Gasteiger partial charge < -0.3 is 23.8 Å². The Morgan fingerprint density at radius 3 is 2.00 bits per heavy atom. The van der Waals surface area contributed by atoms with Gasteiger partial charge >= 0.3 is 0 Å². The Morgan fingerprint density at radius 2 is 1.48 bits per heavy atom. The zero-order valence-electron chi connectivity index (χ0n) is 18.0. The van der Waals surface area contributed by atoms with Crippen molar-refractivity contribution in [3.8, 4) is 0 Å². The minimum atomic E-state index is -1.08. The normalized spacial score (nSPS) is 12.8. The standard InChI is InChI=1S/C19H39N2O5P/c1-8-10-25-27(21(17(4)5)18(6)7)26-15-14-24-13-12-23-11-9-20-19(22)16(2)3/h17-18H,2,8-15H2,1,3-7H3,(H,20,22). The lowest BCUT2D eigenvalue weighted by Crippen LogP contribution is -2.34. The lowest BCUT2D eigenvalue weighted by Gasteiger charge is -2.35. The Labute approximate surface area is 166 Å². The van der Waals surface area contributed by atoms with Crippen LogP contribution in [0, 0.1) is 0 Å². The molecule has 0 bridgehead atoms. The highest BCUT2D eigenvalue weighted by atomic mass is 31.2. The van der Waals surface area contributed by atoms with Crippen LogP contribution in [0.5, 0.6) is 0 Å². The third-order valence-electron chi connectivity index (χ3n) is 3.37. The van der Waals surface area contributed by atoms with E-state index in [-0.39, 0.29) is 5.91 Å². The molecule has 0 aromatic heterocycles. The summed E-state index contributed by atoms with van der Waals surface area (Å²) in [4.78, 5) is 11.3. The summed E-state index contributed by atoms with van der Waals surface area (Å²) in [7, 11) is -1.08. The van der Waals surface area contributed by atoms with Gasteiger partial charge in [-0.2, -0.15) is 0 Å². The Bertz CT molecular complexity index is 400. The summed E-state index contributed by atoms with van der Waals surface area (Å²) in [5.41, 5.74) is 0.495. The zero-order chi connectivity index (χ0) is 20.7. The van der Waals surface area contributed by atoms with E-state index in [2.05, 4.69) is 51.2 Å². The summed E-state index contributed by atoms with van der Waals surface area (Å²) < 4.78 is 25.1. The number of carbonyl (C=O) groups is 1. The molecule has 0 aliphatic carbocycles. The fourth-order valence-electron chi connectivity index (χ4n) is 2.20. The summed E-state index contributed by atoms with van der Waals surface area (Å²) in [6.07, 6.45) is 0.965. The van der Waals surface area contributed by atoms with Gasteiger partial charge in [-0.25, -0.2) is 4.67 Å². The van der Waals surface area contributed by atoms with Crippen LogP contribution >= 0.6 is 8.53 Å². The van der Waals surface area contributed by atoms with Crippen molar-refractivity contribution in [2.45, 2.75) is 60.0 Å². The molecule has 1 unspecified atom stereocenters. The van der Waals surface area contributed by atoms with Crippen molar-refractivity contribution < 1.29 is 23.3 Å². The van der Waals surface area contributed by atoms with E-state index >= 15 is 0 Å². The maximum absolute atomic E-state index is 11.3. The average molecular weight is 407 g/mol. The lowest BCUT2D eigenvalue weighted by atomic mass is 10.3. The first kappa shape index (κ1) is 26.4. The molecule has 0 aliphatic heterocycles. The van der Waals surface area contributed by atoms with Crippen LogP contribution in [0.4, 0.5) is 0 Å². The molecule has 7 nitrogen and oxygen atoms in total. The number of hydrogen-bond acceptors (Lipinski definition) is 6. The van der Waals surface area contributed by atoms with Gasteiger partial charge in [0.05, 0.1) is 39.6 Å². The first-order valence-corrected chi connectivity index (χ1v) is 10.9. The fraction of sp³-hybridized carbons (Fsp3) is 0.842. The van der Waals surface area contributed by atoms with Crippen molar-refractivity contribution in [3.05, 3.63) is 12.2 Å². The maximum atomic E-state index is 11.3. The van der Waals surface area contributed by atoms with E-state index in [1.165, 1.54) is 0 Å². The number of carbonyl (C=O) groups excluding carboxylic acids is 1. The minimum absolute atomic E-state index is 0.148. The predicted octanol–water partition coefficient (Wildman–Crippen LogP) is 3.50. The summed E-state index contributed by atoms with van der Waals surface area (Å²) >= 11 is 0. The van der Waals surface area contributed by atoms with Gasteiger partial charge in [0.15, 0.2) is 0 Å². The maximum Gasteiger partial charge on any atom is 0.259 e. The number of rotatable bonds is 17. The average Bonchev–Trinajstić information content (AvgIpc) is 2.59. The van der Waals surface area contributed by atoms with E-state index < -0.39 is 8.53 Å². The van der Waals surface area contributed by atoms with Crippen LogP contribution in [-0.2, 0) is 23.3 Å². The highest BCUT2D eigenvalue weighted by Gasteiger charge is 2.26. The highest BCUT2D eigenvalue weighted by molar-refractivity contribution is 7.44. The van der Waals surface area contributed by atoms with Crippen LogP contribution in [0.1, 0.15) is 48.0 Å².